The van der Waals surface area contributed by atoms with Gasteiger partial charge in [0.15, 0.2) is 0 Å². The molecule has 3 rings (SSSR count). The predicted octanol–water partition coefficient (Wildman–Crippen LogP) is 3.04. The lowest BCUT2D eigenvalue weighted by Crippen LogP contribution is -2.57. The SMILES string of the molecule is Cc1cc(NC(=O)N2CCNCC2COc2cccnc2)ccc1Br. The van der Waals surface area contributed by atoms with Crippen LogP contribution in [0.15, 0.2) is 47.2 Å². The standard InChI is InChI=1S/C18H21BrN4O2/c1-13-9-14(4-5-17(13)19)22-18(24)23-8-7-21-10-15(23)12-25-16-3-2-6-20-11-16/h2-6,9,11,15,21H,7-8,10,12H2,1H3,(H,22,24). The van der Waals surface area contributed by atoms with Crippen molar-refractivity contribution in [2.24, 2.45) is 0 Å². The number of pyridine rings is 1. The minimum Gasteiger partial charge on any atom is -0.490 e. The number of rotatable bonds is 4. The molecular formula is C18H21BrN4O2. The number of carbonyl (C=O) groups is 1. The van der Waals surface area contributed by atoms with E-state index in [4.69, 9.17) is 4.74 Å². The van der Waals surface area contributed by atoms with Crippen LogP contribution in [-0.4, -0.2) is 48.2 Å². The van der Waals surface area contributed by atoms with Crippen molar-refractivity contribution in [3.63, 3.8) is 0 Å². The number of nitrogens with one attached hydrogen (secondary N) is 2. The molecule has 1 unspecified atom stereocenters. The van der Waals surface area contributed by atoms with Gasteiger partial charge in [0.1, 0.15) is 12.4 Å². The van der Waals surface area contributed by atoms with Crippen LogP contribution in [0.2, 0.25) is 0 Å². The van der Waals surface area contributed by atoms with Crippen molar-refractivity contribution in [3.8, 4) is 5.75 Å². The third kappa shape index (κ3) is 4.70. The summed E-state index contributed by atoms with van der Waals surface area (Å²) in [5.74, 6) is 0.706. The van der Waals surface area contributed by atoms with E-state index in [1.165, 1.54) is 0 Å². The highest BCUT2D eigenvalue weighted by Gasteiger charge is 2.27. The fraction of sp³-hybridized carbons (Fsp3) is 0.333. The lowest BCUT2D eigenvalue weighted by Gasteiger charge is -2.35. The molecule has 2 amide bonds. The Balaban J connectivity index is 1.63. The van der Waals surface area contributed by atoms with Gasteiger partial charge in [-0.15, -0.1) is 0 Å². The first-order chi connectivity index (χ1) is 12.1. The third-order valence-corrected chi connectivity index (χ3v) is 4.99. The average molecular weight is 405 g/mol. The number of ether oxygens (including phenoxy) is 1. The molecule has 132 valence electrons. The molecule has 7 heteroatoms. The van der Waals surface area contributed by atoms with Crippen LogP contribution in [0.1, 0.15) is 5.56 Å². The van der Waals surface area contributed by atoms with Gasteiger partial charge in [-0.3, -0.25) is 4.98 Å². The maximum atomic E-state index is 12.7. The second-order valence-electron chi connectivity index (χ2n) is 5.95. The predicted molar refractivity (Wildman–Crippen MR) is 101 cm³/mol. The van der Waals surface area contributed by atoms with E-state index < -0.39 is 0 Å². The highest BCUT2D eigenvalue weighted by molar-refractivity contribution is 9.10. The Bertz CT molecular complexity index is 726. The zero-order valence-corrected chi connectivity index (χ0v) is 15.6. The maximum Gasteiger partial charge on any atom is 0.322 e. The van der Waals surface area contributed by atoms with E-state index in [-0.39, 0.29) is 12.1 Å². The van der Waals surface area contributed by atoms with E-state index in [1.807, 2.05) is 42.2 Å². The molecule has 2 aromatic rings. The smallest absolute Gasteiger partial charge is 0.322 e. The number of piperazine rings is 1. The fourth-order valence-corrected chi connectivity index (χ4v) is 2.97. The number of nitrogens with zero attached hydrogens (tertiary/aromatic N) is 2. The molecule has 6 nitrogen and oxygen atoms in total. The van der Waals surface area contributed by atoms with Crippen molar-refractivity contribution in [2.75, 3.05) is 31.6 Å². The third-order valence-electron chi connectivity index (χ3n) is 4.10. The quantitative estimate of drug-likeness (QED) is 0.821. The van der Waals surface area contributed by atoms with Gasteiger partial charge in [0.05, 0.1) is 12.2 Å². The summed E-state index contributed by atoms with van der Waals surface area (Å²) in [6.45, 7) is 4.53. The van der Waals surface area contributed by atoms with Crippen molar-refractivity contribution < 1.29 is 9.53 Å². The van der Waals surface area contributed by atoms with Crippen molar-refractivity contribution in [1.82, 2.24) is 15.2 Å². The number of aromatic nitrogens is 1. The minimum atomic E-state index is -0.108. The first kappa shape index (κ1) is 17.7. The van der Waals surface area contributed by atoms with E-state index in [1.54, 1.807) is 12.4 Å². The molecule has 2 heterocycles. The molecule has 0 bridgehead atoms. The highest BCUT2D eigenvalue weighted by Crippen LogP contribution is 2.20. The highest BCUT2D eigenvalue weighted by atomic mass is 79.9. The molecule has 2 N–H and O–H groups in total. The molecule has 1 aliphatic rings. The first-order valence-electron chi connectivity index (χ1n) is 8.21. The molecule has 0 aliphatic carbocycles. The van der Waals surface area contributed by atoms with Gasteiger partial charge in [-0.2, -0.15) is 0 Å². The monoisotopic (exact) mass is 404 g/mol. The molecule has 1 aromatic heterocycles. The van der Waals surface area contributed by atoms with E-state index in [2.05, 4.69) is 31.5 Å². The van der Waals surface area contributed by atoms with Crippen LogP contribution >= 0.6 is 15.9 Å². The maximum absolute atomic E-state index is 12.7. The lowest BCUT2D eigenvalue weighted by atomic mass is 10.2. The Morgan fingerprint density at radius 1 is 1.48 bits per heavy atom. The summed E-state index contributed by atoms with van der Waals surface area (Å²) in [5, 5.41) is 6.29. The fourth-order valence-electron chi connectivity index (χ4n) is 2.72. The number of urea groups is 1. The average Bonchev–Trinajstić information content (AvgIpc) is 2.64. The lowest BCUT2D eigenvalue weighted by molar-refractivity contribution is 0.133. The number of hydrogen-bond donors (Lipinski definition) is 2. The zero-order valence-electron chi connectivity index (χ0n) is 14.0. The summed E-state index contributed by atoms with van der Waals surface area (Å²) >= 11 is 3.47. The second kappa shape index (κ2) is 8.31. The van der Waals surface area contributed by atoms with E-state index in [0.717, 1.165) is 22.3 Å². The van der Waals surface area contributed by atoms with Gasteiger partial charge in [-0.25, -0.2) is 4.79 Å². The van der Waals surface area contributed by atoms with Crippen LogP contribution in [0.5, 0.6) is 5.75 Å². The van der Waals surface area contributed by atoms with Crippen LogP contribution in [0.4, 0.5) is 10.5 Å². The number of aryl methyl sites for hydroxylation is 1. The summed E-state index contributed by atoms with van der Waals surface area (Å²) in [6.07, 6.45) is 3.38. The van der Waals surface area contributed by atoms with Crippen LogP contribution in [0.3, 0.4) is 0 Å². The Kier molecular flexibility index (Phi) is 5.88. The first-order valence-corrected chi connectivity index (χ1v) is 9.00. The molecular weight excluding hydrogens is 384 g/mol. The number of anilines is 1. The van der Waals surface area contributed by atoms with Crippen LogP contribution < -0.4 is 15.4 Å². The number of carbonyl (C=O) groups excluding carboxylic acids is 1. The Labute approximate surface area is 155 Å². The van der Waals surface area contributed by atoms with Crippen LogP contribution in [0, 0.1) is 6.92 Å². The summed E-state index contributed by atoms with van der Waals surface area (Å²) in [7, 11) is 0. The Morgan fingerprint density at radius 2 is 2.36 bits per heavy atom. The summed E-state index contributed by atoms with van der Waals surface area (Å²) < 4.78 is 6.80. The Hall–Kier alpha value is -2.12. The molecule has 1 fully saturated rings. The Morgan fingerprint density at radius 3 is 3.12 bits per heavy atom. The second-order valence-corrected chi connectivity index (χ2v) is 6.80. The van der Waals surface area contributed by atoms with Crippen molar-refractivity contribution in [1.29, 1.82) is 0 Å². The summed E-state index contributed by atoms with van der Waals surface area (Å²) in [5.41, 5.74) is 1.87. The molecule has 1 aromatic carbocycles. The number of halogens is 1. The molecule has 1 aliphatic heterocycles. The van der Waals surface area contributed by atoms with E-state index >= 15 is 0 Å². The van der Waals surface area contributed by atoms with Gasteiger partial charge >= 0.3 is 6.03 Å². The van der Waals surface area contributed by atoms with Gasteiger partial charge in [0.25, 0.3) is 0 Å². The molecule has 1 atom stereocenters. The topological polar surface area (TPSA) is 66.5 Å². The van der Waals surface area contributed by atoms with Gasteiger partial charge < -0.3 is 20.3 Å². The molecule has 0 spiro atoms. The van der Waals surface area contributed by atoms with E-state index in [0.29, 0.717) is 25.4 Å². The number of hydrogen-bond acceptors (Lipinski definition) is 4. The summed E-state index contributed by atoms with van der Waals surface area (Å²) in [6, 6.07) is 9.32. The van der Waals surface area contributed by atoms with Crippen molar-refractivity contribution in [3.05, 3.63) is 52.8 Å². The normalized spacial score (nSPS) is 17.2. The van der Waals surface area contributed by atoms with E-state index in [9.17, 15) is 4.79 Å². The van der Waals surface area contributed by atoms with Crippen LogP contribution in [-0.2, 0) is 0 Å². The van der Waals surface area contributed by atoms with Crippen LogP contribution in [0.25, 0.3) is 0 Å². The van der Waals surface area contributed by atoms with Gasteiger partial charge in [-0.1, -0.05) is 15.9 Å². The molecule has 0 radical (unpaired) electrons. The number of benzene rings is 1. The van der Waals surface area contributed by atoms with Gasteiger partial charge in [0, 0.05) is 36.0 Å². The molecule has 25 heavy (non-hydrogen) atoms. The van der Waals surface area contributed by atoms with Gasteiger partial charge in [0.2, 0.25) is 0 Å². The van der Waals surface area contributed by atoms with Gasteiger partial charge in [-0.05, 0) is 42.8 Å². The largest absolute Gasteiger partial charge is 0.490 e. The molecule has 0 saturated carbocycles. The summed E-state index contributed by atoms with van der Waals surface area (Å²) in [4.78, 5) is 18.6. The number of amides is 2. The van der Waals surface area contributed by atoms with Crippen molar-refractivity contribution >= 4 is 27.6 Å². The minimum absolute atomic E-state index is 0.0366. The van der Waals surface area contributed by atoms with Crippen molar-refractivity contribution in [2.45, 2.75) is 13.0 Å². The molecule has 1 saturated heterocycles. The zero-order chi connectivity index (χ0) is 17.6.